The van der Waals surface area contributed by atoms with E-state index in [1.807, 2.05) is 6.07 Å². The van der Waals surface area contributed by atoms with Crippen LogP contribution >= 0.6 is 11.3 Å². The third kappa shape index (κ3) is 5.32. The highest BCUT2D eigenvalue weighted by Gasteiger charge is 2.24. The Labute approximate surface area is 338 Å². The molecule has 0 spiro atoms. The maximum Gasteiger partial charge on any atom is 0.164 e. The van der Waals surface area contributed by atoms with E-state index in [9.17, 15) is 0 Å². The molecule has 3 heterocycles. The summed E-state index contributed by atoms with van der Waals surface area (Å²) in [7, 11) is 0. The molecule has 0 aliphatic heterocycles. The minimum Gasteiger partial charge on any atom is -0.455 e. The van der Waals surface area contributed by atoms with Gasteiger partial charge in [0, 0.05) is 53.2 Å². The number of para-hydroxylation sites is 1. The van der Waals surface area contributed by atoms with Crippen molar-refractivity contribution in [3.05, 3.63) is 187 Å². The van der Waals surface area contributed by atoms with Gasteiger partial charge >= 0.3 is 0 Å². The molecule has 1 aliphatic carbocycles. The Morgan fingerprint density at radius 1 is 0.466 bits per heavy atom. The zero-order valence-electron chi connectivity index (χ0n) is 31.3. The van der Waals surface area contributed by atoms with E-state index in [0.29, 0.717) is 17.5 Å². The molecule has 3 aromatic heterocycles. The van der Waals surface area contributed by atoms with Crippen LogP contribution in [-0.2, 0) is 0 Å². The van der Waals surface area contributed by atoms with Gasteiger partial charge in [0.05, 0.1) is 0 Å². The van der Waals surface area contributed by atoms with Crippen LogP contribution in [0.3, 0.4) is 0 Å². The van der Waals surface area contributed by atoms with Gasteiger partial charge in [-0.05, 0) is 87.5 Å². The smallest absolute Gasteiger partial charge is 0.164 e. The predicted molar refractivity (Wildman–Crippen MR) is 243 cm³/mol. The first-order valence-corrected chi connectivity index (χ1v) is 20.5. The normalized spacial score (nSPS) is 13.2. The molecule has 11 aromatic rings. The third-order valence-corrected chi connectivity index (χ3v) is 12.7. The van der Waals surface area contributed by atoms with Crippen LogP contribution in [-0.4, -0.2) is 15.0 Å². The molecule has 58 heavy (non-hydrogen) atoms. The highest BCUT2D eigenvalue weighted by molar-refractivity contribution is 7.25. The fourth-order valence-electron chi connectivity index (χ4n) is 8.85. The van der Waals surface area contributed by atoms with E-state index >= 15 is 0 Å². The second-order valence-electron chi connectivity index (χ2n) is 15.0. The highest BCUT2D eigenvalue weighted by atomic mass is 32.1. The molecule has 0 bridgehead atoms. The van der Waals surface area contributed by atoms with Gasteiger partial charge in [-0.3, -0.25) is 0 Å². The van der Waals surface area contributed by atoms with Gasteiger partial charge in [0.1, 0.15) is 11.2 Å². The molecule has 0 saturated carbocycles. The molecule has 0 amide bonds. The number of aromatic nitrogens is 3. The zero-order chi connectivity index (χ0) is 38.2. The third-order valence-electron chi connectivity index (χ3n) is 11.6. The number of fused-ring (bicyclic) bond motifs is 8. The Balaban J connectivity index is 1.12. The van der Waals surface area contributed by atoms with E-state index in [4.69, 9.17) is 19.4 Å². The number of nitrogens with zero attached hydrogens (tertiary/aromatic N) is 3. The monoisotopic (exact) mass is 759 g/mol. The fourth-order valence-corrected chi connectivity index (χ4v) is 9.98. The quantitative estimate of drug-likeness (QED) is 0.175. The molecule has 12 rings (SSSR count). The first-order valence-electron chi connectivity index (χ1n) is 19.7. The lowest BCUT2D eigenvalue weighted by Gasteiger charge is -2.19. The number of hydrogen-bond donors (Lipinski definition) is 0. The van der Waals surface area contributed by atoms with Gasteiger partial charge in [0.15, 0.2) is 17.5 Å². The Morgan fingerprint density at radius 2 is 1.12 bits per heavy atom. The lowest BCUT2D eigenvalue weighted by atomic mass is 9.87. The first-order chi connectivity index (χ1) is 28.7. The molecular weight excluding hydrogens is 727 g/mol. The number of hydrogen-bond acceptors (Lipinski definition) is 5. The second kappa shape index (κ2) is 13.2. The number of rotatable bonds is 5. The molecule has 4 nitrogen and oxygen atoms in total. The Kier molecular flexibility index (Phi) is 7.50. The molecule has 0 saturated heterocycles. The lowest BCUT2D eigenvalue weighted by molar-refractivity contribution is 0.670. The zero-order valence-corrected chi connectivity index (χ0v) is 32.1. The Bertz CT molecular complexity index is 3530. The summed E-state index contributed by atoms with van der Waals surface area (Å²) in [6.07, 6.45) is 6.22. The summed E-state index contributed by atoms with van der Waals surface area (Å²) in [6, 6.07) is 58.1. The highest BCUT2D eigenvalue weighted by Crippen LogP contribution is 2.45. The van der Waals surface area contributed by atoms with Gasteiger partial charge in [-0.2, -0.15) is 0 Å². The van der Waals surface area contributed by atoms with Crippen LogP contribution < -0.4 is 0 Å². The molecular formula is C53H33N3OS. The maximum atomic E-state index is 6.80. The van der Waals surface area contributed by atoms with Gasteiger partial charge in [0.2, 0.25) is 0 Å². The lowest BCUT2D eigenvalue weighted by Crippen LogP contribution is -2.05. The van der Waals surface area contributed by atoms with Gasteiger partial charge in [-0.15, -0.1) is 11.3 Å². The van der Waals surface area contributed by atoms with Crippen molar-refractivity contribution in [2.75, 3.05) is 0 Å². The summed E-state index contributed by atoms with van der Waals surface area (Å²) >= 11 is 1.80. The molecule has 0 unspecified atom stereocenters. The maximum absolute atomic E-state index is 6.80. The topological polar surface area (TPSA) is 51.8 Å². The molecule has 0 N–H and O–H groups in total. The van der Waals surface area contributed by atoms with Gasteiger partial charge in [-0.1, -0.05) is 140 Å². The van der Waals surface area contributed by atoms with E-state index in [1.165, 1.54) is 41.9 Å². The van der Waals surface area contributed by atoms with Crippen LogP contribution in [0.4, 0.5) is 0 Å². The molecule has 0 fully saturated rings. The average Bonchev–Trinajstić information content (AvgIpc) is 3.88. The largest absolute Gasteiger partial charge is 0.455 e. The number of furan rings is 1. The predicted octanol–water partition coefficient (Wildman–Crippen LogP) is 14.7. The molecule has 272 valence electrons. The van der Waals surface area contributed by atoms with Crippen molar-refractivity contribution in [1.82, 2.24) is 15.0 Å². The van der Waals surface area contributed by atoms with Crippen molar-refractivity contribution in [2.45, 2.75) is 12.8 Å². The standard InChI is InChI=1S/C53H33N3OS/c1-3-14-34-30-36(26-24-32(34)12-1)38-28-29-40(49-42-18-7-9-21-45(42)57-50(38)49)39-16-5-6-17-41(39)52-54-51(37-27-25-33-13-2-4-15-35(33)31-37)55-53(56-52)44-20-11-23-47-48(44)43-19-8-10-22-46(43)58-47/h1-4,6-15,17-31H,5,16H2. The van der Waals surface area contributed by atoms with Crippen molar-refractivity contribution in [3.8, 4) is 33.9 Å². The van der Waals surface area contributed by atoms with E-state index < -0.39 is 0 Å². The summed E-state index contributed by atoms with van der Waals surface area (Å²) in [5.41, 5.74) is 9.27. The fraction of sp³-hybridized carbons (Fsp3) is 0.0377. The number of allylic oxidation sites excluding steroid dienone is 4. The average molecular weight is 760 g/mol. The van der Waals surface area contributed by atoms with Crippen molar-refractivity contribution in [2.24, 2.45) is 0 Å². The van der Waals surface area contributed by atoms with Crippen LogP contribution in [0.1, 0.15) is 24.2 Å². The van der Waals surface area contributed by atoms with Crippen LogP contribution in [0.15, 0.2) is 180 Å². The van der Waals surface area contributed by atoms with E-state index in [1.54, 1.807) is 11.3 Å². The molecule has 8 aromatic carbocycles. The second-order valence-corrected chi connectivity index (χ2v) is 16.1. The Morgan fingerprint density at radius 3 is 1.97 bits per heavy atom. The van der Waals surface area contributed by atoms with Crippen molar-refractivity contribution < 1.29 is 4.42 Å². The summed E-state index contributed by atoms with van der Waals surface area (Å²) < 4.78 is 9.26. The summed E-state index contributed by atoms with van der Waals surface area (Å²) in [5, 5.41) is 9.35. The minimum absolute atomic E-state index is 0.652. The summed E-state index contributed by atoms with van der Waals surface area (Å²) in [6.45, 7) is 0. The van der Waals surface area contributed by atoms with E-state index in [2.05, 4.69) is 170 Å². The van der Waals surface area contributed by atoms with Crippen LogP contribution in [0.25, 0.3) is 109 Å². The molecule has 0 radical (unpaired) electrons. The van der Waals surface area contributed by atoms with Crippen molar-refractivity contribution in [3.63, 3.8) is 0 Å². The minimum atomic E-state index is 0.652. The van der Waals surface area contributed by atoms with Crippen molar-refractivity contribution >= 4 is 86.1 Å². The van der Waals surface area contributed by atoms with Crippen molar-refractivity contribution in [1.29, 1.82) is 0 Å². The Hall–Kier alpha value is -7.21. The van der Waals surface area contributed by atoms with E-state index in [-0.39, 0.29) is 0 Å². The summed E-state index contributed by atoms with van der Waals surface area (Å²) in [4.78, 5) is 16.0. The molecule has 5 heteroatoms. The number of thiophene rings is 1. The SMILES string of the molecule is C1=CC(c2nc(-c3ccc4ccccc4c3)nc(-c3cccc4sc5ccccc5c34)n2)=C(c2ccc(-c3ccc4ccccc4c3)c3oc4ccccc4c23)CC1. The van der Waals surface area contributed by atoms with Crippen LogP contribution in [0.2, 0.25) is 0 Å². The van der Waals surface area contributed by atoms with Gasteiger partial charge < -0.3 is 4.42 Å². The summed E-state index contributed by atoms with van der Waals surface area (Å²) in [5.74, 6) is 1.98. The van der Waals surface area contributed by atoms with Crippen LogP contribution in [0.5, 0.6) is 0 Å². The first kappa shape index (κ1) is 33.0. The molecule has 1 aliphatic rings. The van der Waals surface area contributed by atoms with E-state index in [0.717, 1.165) is 73.6 Å². The van der Waals surface area contributed by atoms with Crippen LogP contribution in [0, 0.1) is 0 Å². The van der Waals surface area contributed by atoms with Gasteiger partial charge in [-0.25, -0.2) is 15.0 Å². The molecule has 0 atom stereocenters. The van der Waals surface area contributed by atoms with Gasteiger partial charge in [0.25, 0.3) is 0 Å². The number of benzene rings is 8.